The van der Waals surface area contributed by atoms with Crippen LogP contribution in [0.15, 0.2) is 60.8 Å². The summed E-state index contributed by atoms with van der Waals surface area (Å²) in [7, 11) is 0. The normalized spacial score (nSPS) is 12.3. The first-order valence-electron chi connectivity index (χ1n) is 8.49. The smallest absolute Gasteiger partial charge is 0.347 e. The third-order valence-electron chi connectivity index (χ3n) is 4.08. The van der Waals surface area contributed by atoms with Crippen LogP contribution in [0.3, 0.4) is 0 Å². The quantitative estimate of drug-likeness (QED) is 0.605. The van der Waals surface area contributed by atoms with Crippen molar-refractivity contribution in [3.05, 3.63) is 71.9 Å². The summed E-state index contributed by atoms with van der Waals surface area (Å²) >= 11 is 0. The molecule has 0 saturated carbocycles. The van der Waals surface area contributed by atoms with Crippen molar-refractivity contribution in [2.45, 2.75) is 32.9 Å². The molecule has 0 N–H and O–H groups in total. The van der Waals surface area contributed by atoms with Crippen LogP contribution < -0.4 is 4.90 Å². The van der Waals surface area contributed by atoms with Gasteiger partial charge in [0.2, 0.25) is 0 Å². The summed E-state index contributed by atoms with van der Waals surface area (Å²) in [5.41, 5.74) is 1.71. The van der Waals surface area contributed by atoms with Crippen LogP contribution in [-0.2, 0) is 4.79 Å². The van der Waals surface area contributed by atoms with Crippen molar-refractivity contribution in [3.8, 4) is 0 Å². The molecule has 2 aromatic rings. The van der Waals surface area contributed by atoms with Crippen molar-refractivity contribution in [1.29, 1.82) is 0 Å². The van der Waals surface area contributed by atoms with Crippen molar-refractivity contribution in [2.75, 3.05) is 11.4 Å². The molecule has 138 valence electrons. The number of benzene rings is 2. The van der Waals surface area contributed by atoms with Gasteiger partial charge in [0.15, 0.2) is 0 Å². The van der Waals surface area contributed by atoms with Crippen molar-refractivity contribution in [1.82, 2.24) is 0 Å². The van der Waals surface area contributed by atoms with Crippen LogP contribution in [0.1, 0.15) is 37.8 Å². The van der Waals surface area contributed by atoms with E-state index in [-0.39, 0.29) is 11.1 Å². The van der Waals surface area contributed by atoms with Gasteiger partial charge in [0.1, 0.15) is 0 Å². The average Bonchev–Trinajstić information content (AvgIpc) is 2.62. The minimum absolute atomic E-state index is 0.244. The molecule has 0 saturated heterocycles. The predicted molar refractivity (Wildman–Crippen MR) is 99.0 cm³/mol. The van der Waals surface area contributed by atoms with Gasteiger partial charge in [0.05, 0.1) is 5.57 Å². The number of hydrogen-bond donors (Lipinski definition) is 0. The Hall–Kier alpha value is -2.56. The Balaban J connectivity index is 2.53. The molecule has 0 amide bonds. The first kappa shape index (κ1) is 19.8. The summed E-state index contributed by atoms with van der Waals surface area (Å²) < 4.78 is 39.3. The molecule has 0 atom stereocenters. The van der Waals surface area contributed by atoms with E-state index in [1.54, 1.807) is 23.1 Å². The van der Waals surface area contributed by atoms with Gasteiger partial charge in [-0.25, -0.2) is 0 Å². The number of carbonyl (C=O) groups is 1. The molecule has 2 aromatic carbocycles. The van der Waals surface area contributed by atoms with E-state index in [0.29, 0.717) is 12.5 Å². The molecule has 0 fully saturated rings. The zero-order valence-corrected chi connectivity index (χ0v) is 15.0. The van der Waals surface area contributed by atoms with Crippen LogP contribution >= 0.6 is 0 Å². The molecule has 0 aliphatic heterocycles. The van der Waals surface area contributed by atoms with Gasteiger partial charge in [-0.05, 0) is 36.1 Å². The van der Waals surface area contributed by atoms with E-state index in [1.807, 2.05) is 45.0 Å². The molecule has 0 unspecified atom stereocenters. The minimum atomic E-state index is -4.93. The highest BCUT2D eigenvalue weighted by atomic mass is 19.4. The molecule has 26 heavy (non-hydrogen) atoms. The maximum absolute atomic E-state index is 13.1. The van der Waals surface area contributed by atoms with Crippen LogP contribution in [0.25, 0.3) is 5.57 Å². The molecular weight excluding hydrogens is 339 g/mol. The third kappa shape index (κ3) is 4.75. The summed E-state index contributed by atoms with van der Waals surface area (Å²) in [5.74, 6) is -1.55. The Morgan fingerprint density at radius 1 is 1.08 bits per heavy atom. The second kappa shape index (κ2) is 8.21. The number of nitrogens with zero attached hydrogens (tertiary/aromatic N) is 1. The first-order valence-corrected chi connectivity index (χ1v) is 8.49. The van der Waals surface area contributed by atoms with Crippen LogP contribution in [0.5, 0.6) is 0 Å². The van der Waals surface area contributed by atoms with E-state index in [2.05, 4.69) is 0 Å². The van der Waals surface area contributed by atoms with Gasteiger partial charge in [-0.1, -0.05) is 56.3 Å². The van der Waals surface area contributed by atoms with E-state index < -0.39 is 12.0 Å². The number of carbonyl (C=O) groups excluding carboxylic acids is 1. The highest BCUT2D eigenvalue weighted by Gasteiger charge is 2.41. The number of allylic oxidation sites excluding steroid dienone is 1. The van der Waals surface area contributed by atoms with E-state index >= 15 is 0 Å². The van der Waals surface area contributed by atoms with E-state index in [4.69, 9.17) is 0 Å². The summed E-state index contributed by atoms with van der Waals surface area (Å²) in [6, 6.07) is 15.5. The Morgan fingerprint density at radius 2 is 1.73 bits per heavy atom. The number of ketones is 1. The predicted octanol–water partition coefficient (Wildman–Crippen LogP) is 5.81. The lowest BCUT2D eigenvalue weighted by molar-refractivity contribution is -0.164. The van der Waals surface area contributed by atoms with Crippen molar-refractivity contribution in [2.24, 2.45) is 0 Å². The summed E-state index contributed by atoms with van der Waals surface area (Å²) in [6.07, 6.45) is -3.63. The molecule has 0 radical (unpaired) electrons. The lowest BCUT2D eigenvalue weighted by atomic mass is 10.0. The number of hydrogen-bond acceptors (Lipinski definition) is 2. The lowest BCUT2D eigenvalue weighted by Gasteiger charge is -2.22. The lowest BCUT2D eigenvalue weighted by Crippen LogP contribution is -2.26. The maximum Gasteiger partial charge on any atom is 0.454 e. The fourth-order valence-corrected chi connectivity index (χ4v) is 2.60. The van der Waals surface area contributed by atoms with Gasteiger partial charge < -0.3 is 4.90 Å². The van der Waals surface area contributed by atoms with Crippen LogP contribution in [0, 0.1) is 0 Å². The van der Waals surface area contributed by atoms with Gasteiger partial charge in [-0.3, -0.25) is 4.79 Å². The molecule has 2 rings (SSSR count). The van der Waals surface area contributed by atoms with Gasteiger partial charge in [0.25, 0.3) is 5.78 Å². The Morgan fingerprint density at radius 3 is 2.27 bits per heavy atom. The number of halogens is 3. The zero-order valence-electron chi connectivity index (χ0n) is 15.0. The van der Waals surface area contributed by atoms with Gasteiger partial charge >= 0.3 is 6.18 Å². The van der Waals surface area contributed by atoms with Crippen LogP contribution in [0.2, 0.25) is 0 Å². The highest BCUT2D eigenvalue weighted by Crippen LogP contribution is 2.29. The minimum Gasteiger partial charge on any atom is -0.347 e. The first-order chi connectivity index (χ1) is 12.2. The molecule has 0 aromatic heterocycles. The van der Waals surface area contributed by atoms with Gasteiger partial charge in [0, 0.05) is 18.4 Å². The monoisotopic (exact) mass is 361 g/mol. The second-order valence-electron chi connectivity index (χ2n) is 6.27. The zero-order chi connectivity index (χ0) is 19.3. The number of anilines is 1. The van der Waals surface area contributed by atoms with Crippen molar-refractivity contribution < 1.29 is 18.0 Å². The van der Waals surface area contributed by atoms with E-state index in [1.165, 1.54) is 18.3 Å². The topological polar surface area (TPSA) is 20.3 Å². The van der Waals surface area contributed by atoms with Crippen LogP contribution in [0.4, 0.5) is 18.9 Å². The molecule has 0 bridgehead atoms. The summed E-state index contributed by atoms with van der Waals surface area (Å²) in [5, 5.41) is 0. The van der Waals surface area contributed by atoms with E-state index in [9.17, 15) is 18.0 Å². The number of rotatable bonds is 6. The molecule has 0 aliphatic rings. The van der Waals surface area contributed by atoms with E-state index in [0.717, 1.165) is 11.3 Å². The molecule has 5 heteroatoms. The van der Waals surface area contributed by atoms with Crippen molar-refractivity contribution in [3.63, 3.8) is 0 Å². The summed E-state index contributed by atoms with van der Waals surface area (Å²) in [6.45, 7) is 6.36. The average molecular weight is 361 g/mol. The summed E-state index contributed by atoms with van der Waals surface area (Å²) in [4.78, 5) is 13.7. The van der Waals surface area contributed by atoms with Crippen LogP contribution in [-0.4, -0.2) is 18.5 Å². The SMILES string of the molecule is CCN(/C=C(\C(=O)C(F)(F)F)c1ccccc1)c1cccc(C(C)C)c1. The van der Waals surface area contributed by atoms with Crippen molar-refractivity contribution >= 4 is 17.0 Å². The fraction of sp³-hybridized carbons (Fsp3) is 0.286. The van der Waals surface area contributed by atoms with Gasteiger partial charge in [-0.2, -0.15) is 13.2 Å². The molecule has 0 heterocycles. The third-order valence-corrected chi connectivity index (χ3v) is 4.08. The number of alkyl halides is 3. The Bertz CT molecular complexity index is 779. The largest absolute Gasteiger partial charge is 0.454 e. The van der Waals surface area contributed by atoms with Gasteiger partial charge in [-0.15, -0.1) is 0 Å². The number of Topliss-reactive ketones (excluding diaryl/α,β-unsaturated/α-hetero) is 1. The Kier molecular flexibility index (Phi) is 6.24. The fourth-order valence-electron chi connectivity index (χ4n) is 2.60. The second-order valence-corrected chi connectivity index (χ2v) is 6.27. The maximum atomic E-state index is 13.1. The molecule has 2 nitrogen and oxygen atoms in total. The molecular formula is C21H22F3NO. The highest BCUT2D eigenvalue weighted by molar-refractivity contribution is 6.23. The molecule has 0 aliphatic carbocycles. The molecule has 0 spiro atoms. The standard InChI is InChI=1S/C21H22F3NO/c1-4-25(18-12-8-11-17(13-18)15(2)3)14-19(20(26)21(22,23)24)16-9-6-5-7-10-16/h5-15H,4H2,1-3H3/b19-14-. The Labute approximate surface area is 152 Å².